The average Bonchev–Trinajstić information content (AvgIpc) is 3.08. The van der Waals surface area contributed by atoms with Crippen LogP contribution in [-0.2, 0) is 11.3 Å². The van der Waals surface area contributed by atoms with E-state index in [1.54, 1.807) is 24.3 Å². The minimum Gasteiger partial charge on any atom is -0.449 e. The zero-order valence-corrected chi connectivity index (χ0v) is 17.9. The van der Waals surface area contributed by atoms with Crippen LogP contribution in [0, 0.1) is 0 Å². The Morgan fingerprint density at radius 1 is 1.13 bits per heavy atom. The van der Waals surface area contributed by atoms with E-state index >= 15 is 0 Å². The summed E-state index contributed by atoms with van der Waals surface area (Å²) in [5.41, 5.74) is 1.81. The summed E-state index contributed by atoms with van der Waals surface area (Å²) in [5.74, 6) is 0.188. The molecule has 1 saturated heterocycles. The second-order valence-electron chi connectivity index (χ2n) is 7.60. The second kappa shape index (κ2) is 9.83. The molecule has 0 bridgehead atoms. The molecule has 4 rings (SSSR count). The Hall–Kier alpha value is -3.06. The Morgan fingerprint density at radius 2 is 1.90 bits per heavy atom. The van der Waals surface area contributed by atoms with E-state index < -0.39 is 6.16 Å². The van der Waals surface area contributed by atoms with Gasteiger partial charge in [0.1, 0.15) is 5.75 Å². The van der Waals surface area contributed by atoms with Crippen LogP contribution in [-0.4, -0.2) is 33.3 Å². The van der Waals surface area contributed by atoms with Gasteiger partial charge in [-0.05, 0) is 53.9 Å². The summed E-state index contributed by atoms with van der Waals surface area (Å²) in [5, 5.41) is 9.57. The van der Waals surface area contributed by atoms with Crippen molar-refractivity contribution < 1.29 is 19.4 Å². The first-order valence-electron chi connectivity index (χ1n) is 10.4. The Balaban J connectivity index is 1.61. The molecule has 1 aliphatic carbocycles. The molecule has 7 heteroatoms. The number of carboxylic acid groups (broad SMARTS) is 1. The number of carbonyl (C=O) groups is 2. The molecule has 0 atom stereocenters. The predicted molar refractivity (Wildman–Crippen MR) is 122 cm³/mol. The molecule has 160 valence electrons. The average molecular weight is 437 g/mol. The summed E-state index contributed by atoms with van der Waals surface area (Å²) in [6.07, 6.45) is 5.86. The van der Waals surface area contributed by atoms with Crippen molar-refractivity contribution in [2.24, 2.45) is 4.99 Å². The van der Waals surface area contributed by atoms with Crippen molar-refractivity contribution in [3.8, 4) is 5.75 Å². The van der Waals surface area contributed by atoms with E-state index in [1.807, 2.05) is 41.3 Å². The summed E-state index contributed by atoms with van der Waals surface area (Å²) in [7, 11) is 0. The fourth-order valence-electron chi connectivity index (χ4n) is 3.92. The number of carbonyl (C=O) groups excluding carboxylic acids is 1. The maximum atomic E-state index is 13.3. The van der Waals surface area contributed by atoms with Gasteiger partial charge in [0.15, 0.2) is 5.17 Å². The maximum absolute atomic E-state index is 13.3. The van der Waals surface area contributed by atoms with Crippen LogP contribution in [0.1, 0.15) is 43.2 Å². The Labute approximate surface area is 185 Å². The van der Waals surface area contributed by atoms with Gasteiger partial charge >= 0.3 is 6.16 Å². The van der Waals surface area contributed by atoms with Crippen LogP contribution in [0.25, 0.3) is 6.08 Å². The molecule has 6 nitrogen and oxygen atoms in total. The van der Waals surface area contributed by atoms with Gasteiger partial charge in [0, 0.05) is 6.04 Å². The third-order valence-corrected chi connectivity index (χ3v) is 6.40. The first-order chi connectivity index (χ1) is 15.1. The van der Waals surface area contributed by atoms with Gasteiger partial charge in [-0.3, -0.25) is 14.7 Å². The van der Waals surface area contributed by atoms with E-state index in [4.69, 9.17) is 14.8 Å². The minimum absolute atomic E-state index is 0.0340. The summed E-state index contributed by atoms with van der Waals surface area (Å²) >= 11 is 1.38. The van der Waals surface area contributed by atoms with E-state index in [0.29, 0.717) is 17.0 Å². The summed E-state index contributed by atoms with van der Waals surface area (Å²) in [6, 6.07) is 16.9. The third kappa shape index (κ3) is 5.35. The van der Waals surface area contributed by atoms with Gasteiger partial charge < -0.3 is 9.84 Å². The first-order valence-corrected chi connectivity index (χ1v) is 11.2. The number of rotatable bonds is 5. The molecule has 2 aromatic carbocycles. The highest BCUT2D eigenvalue weighted by molar-refractivity contribution is 8.18. The van der Waals surface area contributed by atoms with E-state index in [1.165, 1.54) is 18.2 Å². The van der Waals surface area contributed by atoms with Crippen LogP contribution < -0.4 is 4.74 Å². The largest absolute Gasteiger partial charge is 0.511 e. The highest BCUT2D eigenvalue weighted by Gasteiger charge is 2.38. The van der Waals surface area contributed by atoms with Crippen LogP contribution in [0.2, 0.25) is 0 Å². The fraction of sp³-hybridized carbons (Fsp3) is 0.292. The molecular formula is C24H24N2O4S. The van der Waals surface area contributed by atoms with Gasteiger partial charge in [0.2, 0.25) is 0 Å². The lowest BCUT2D eigenvalue weighted by Crippen LogP contribution is -2.40. The van der Waals surface area contributed by atoms with Crippen molar-refractivity contribution in [3.63, 3.8) is 0 Å². The van der Waals surface area contributed by atoms with E-state index in [0.717, 1.165) is 36.4 Å². The Bertz CT molecular complexity index is 1010. The first kappa shape index (κ1) is 21.2. The van der Waals surface area contributed by atoms with Gasteiger partial charge in [0.05, 0.1) is 11.4 Å². The molecule has 1 amide bonds. The normalized spacial score (nSPS) is 19.9. The number of thioether (sulfide) groups is 1. The Kier molecular flexibility index (Phi) is 6.72. The number of ether oxygens (including phenoxy) is 1. The lowest BCUT2D eigenvalue weighted by atomic mass is 9.94. The second-order valence-corrected chi connectivity index (χ2v) is 8.61. The summed E-state index contributed by atoms with van der Waals surface area (Å²) < 4.78 is 4.73. The molecule has 2 aliphatic rings. The summed E-state index contributed by atoms with van der Waals surface area (Å²) in [4.78, 5) is 31.4. The molecular weight excluding hydrogens is 412 g/mol. The maximum Gasteiger partial charge on any atom is 0.511 e. The molecule has 1 N–H and O–H groups in total. The van der Waals surface area contributed by atoms with Crippen molar-refractivity contribution in [1.29, 1.82) is 0 Å². The van der Waals surface area contributed by atoms with Gasteiger partial charge in [-0.25, -0.2) is 4.79 Å². The van der Waals surface area contributed by atoms with Crippen LogP contribution in [0.15, 0.2) is 64.5 Å². The van der Waals surface area contributed by atoms with Gasteiger partial charge in [-0.2, -0.15) is 0 Å². The van der Waals surface area contributed by atoms with Gasteiger partial charge in [-0.1, -0.05) is 61.7 Å². The highest BCUT2D eigenvalue weighted by atomic mass is 32.2. The molecule has 31 heavy (non-hydrogen) atoms. The number of nitrogens with zero attached hydrogens (tertiary/aromatic N) is 2. The van der Waals surface area contributed by atoms with E-state index in [9.17, 15) is 9.59 Å². The molecule has 0 unspecified atom stereocenters. The molecule has 1 heterocycles. The van der Waals surface area contributed by atoms with Crippen molar-refractivity contribution in [2.45, 2.75) is 44.7 Å². The van der Waals surface area contributed by atoms with Crippen LogP contribution in [0.4, 0.5) is 4.79 Å². The van der Waals surface area contributed by atoms with Crippen molar-refractivity contribution in [3.05, 3.63) is 70.6 Å². The monoisotopic (exact) mass is 436 g/mol. The van der Waals surface area contributed by atoms with E-state index in [-0.39, 0.29) is 17.7 Å². The number of benzene rings is 2. The number of hydrogen-bond donors (Lipinski definition) is 1. The van der Waals surface area contributed by atoms with Crippen molar-refractivity contribution >= 4 is 35.1 Å². The molecule has 1 aliphatic heterocycles. The topological polar surface area (TPSA) is 79.2 Å². The molecule has 2 aromatic rings. The predicted octanol–water partition coefficient (Wildman–Crippen LogP) is 5.55. The van der Waals surface area contributed by atoms with Gasteiger partial charge in [0.25, 0.3) is 5.91 Å². The van der Waals surface area contributed by atoms with E-state index in [2.05, 4.69) is 0 Å². The van der Waals surface area contributed by atoms with Crippen LogP contribution in [0.5, 0.6) is 5.75 Å². The SMILES string of the molecule is O=C(O)Oc1cccc(C=C2SC(=NCc3ccccc3)N(C3CCCCC3)C2=O)c1. The number of amidine groups is 1. The summed E-state index contributed by atoms with van der Waals surface area (Å²) in [6.45, 7) is 0.523. The third-order valence-electron chi connectivity index (χ3n) is 5.38. The number of aliphatic imine (C=N–C) groups is 1. The lowest BCUT2D eigenvalue weighted by Gasteiger charge is -2.30. The number of hydrogen-bond acceptors (Lipinski definition) is 5. The molecule has 2 fully saturated rings. The van der Waals surface area contributed by atoms with Crippen molar-refractivity contribution in [2.75, 3.05) is 0 Å². The zero-order chi connectivity index (χ0) is 21.6. The Morgan fingerprint density at radius 3 is 2.65 bits per heavy atom. The van der Waals surface area contributed by atoms with Crippen LogP contribution in [0.3, 0.4) is 0 Å². The highest BCUT2D eigenvalue weighted by Crippen LogP contribution is 2.37. The molecule has 0 radical (unpaired) electrons. The lowest BCUT2D eigenvalue weighted by molar-refractivity contribution is -0.124. The molecule has 0 spiro atoms. The number of amides is 1. The molecule has 1 saturated carbocycles. The fourth-order valence-corrected chi connectivity index (χ4v) is 4.96. The minimum atomic E-state index is -1.37. The van der Waals surface area contributed by atoms with Gasteiger partial charge in [-0.15, -0.1) is 0 Å². The zero-order valence-electron chi connectivity index (χ0n) is 17.1. The smallest absolute Gasteiger partial charge is 0.449 e. The van der Waals surface area contributed by atoms with Crippen molar-refractivity contribution in [1.82, 2.24) is 4.90 Å². The van der Waals surface area contributed by atoms with Crippen LogP contribution >= 0.6 is 11.8 Å². The standard InChI is InChI=1S/C24H24N2O4S/c27-22-21(15-18-10-7-13-20(14-18)30-24(28)29)31-23(25-16-17-8-3-1-4-9-17)26(22)19-11-5-2-6-12-19/h1,3-4,7-10,13-15,19H,2,5-6,11-12,16H2,(H,28,29). The quantitative estimate of drug-likeness (QED) is 0.378. The molecule has 0 aromatic heterocycles.